The highest BCUT2D eigenvalue weighted by atomic mass is 16.6. The third kappa shape index (κ3) is 7.25. The zero-order valence-electron chi connectivity index (χ0n) is 26.9. The first-order valence-electron chi connectivity index (χ1n) is 15.1. The van der Waals surface area contributed by atoms with Crippen molar-refractivity contribution in [1.82, 2.24) is 19.5 Å². The van der Waals surface area contributed by atoms with Gasteiger partial charge in [0.15, 0.2) is 11.6 Å². The highest BCUT2D eigenvalue weighted by Crippen LogP contribution is 2.28. The smallest absolute Gasteiger partial charge is 0.415 e. The Morgan fingerprint density at radius 2 is 1.55 bits per heavy atom. The fourth-order valence-corrected chi connectivity index (χ4v) is 5.22. The standard InChI is InChI=1S/C36H36N6O5/c1-22(2)41-20-29(28-19-39-21-40-34(28)41)32(44)26-16-27(18-38-17-26)42(35(46)47-36(3,4)5)30(33(37)45)15-23-11-13-25(14-12-23)31(43)24-9-7-6-8-10-24/h6-14,16-22,30H,15H2,1-5H3,(H2,37,45)/t30-/m1/s1. The summed E-state index contributed by atoms with van der Waals surface area (Å²) in [6.45, 7) is 9.07. The molecule has 0 bridgehead atoms. The number of carbonyl (C=O) groups is 4. The molecule has 0 radical (unpaired) electrons. The van der Waals surface area contributed by atoms with E-state index in [9.17, 15) is 19.2 Å². The molecular formula is C36H36N6O5. The van der Waals surface area contributed by atoms with Crippen molar-refractivity contribution in [2.24, 2.45) is 5.73 Å². The monoisotopic (exact) mass is 632 g/mol. The number of nitrogens with two attached hydrogens (primary N) is 1. The van der Waals surface area contributed by atoms with Crippen LogP contribution in [0.15, 0.2) is 91.8 Å². The summed E-state index contributed by atoms with van der Waals surface area (Å²) in [5.74, 6) is -1.30. The van der Waals surface area contributed by atoms with E-state index in [0.717, 1.165) is 4.90 Å². The molecule has 240 valence electrons. The van der Waals surface area contributed by atoms with E-state index in [1.54, 1.807) is 81.7 Å². The molecular weight excluding hydrogens is 596 g/mol. The van der Waals surface area contributed by atoms with Gasteiger partial charge in [0.2, 0.25) is 5.91 Å². The van der Waals surface area contributed by atoms with Crippen molar-refractivity contribution < 1.29 is 23.9 Å². The predicted molar refractivity (Wildman–Crippen MR) is 177 cm³/mol. The van der Waals surface area contributed by atoms with Gasteiger partial charge in [-0.25, -0.2) is 14.8 Å². The number of fused-ring (bicyclic) bond motifs is 1. The lowest BCUT2D eigenvalue weighted by molar-refractivity contribution is -0.119. The van der Waals surface area contributed by atoms with Crippen molar-refractivity contribution in [3.05, 3.63) is 120 Å². The molecule has 1 atom stereocenters. The van der Waals surface area contributed by atoms with Crippen LogP contribution in [0.1, 0.15) is 78.1 Å². The molecule has 0 unspecified atom stereocenters. The van der Waals surface area contributed by atoms with Crippen LogP contribution >= 0.6 is 0 Å². The molecule has 5 aromatic rings. The highest BCUT2D eigenvalue weighted by Gasteiger charge is 2.34. The number of hydrogen-bond donors (Lipinski definition) is 1. The zero-order valence-corrected chi connectivity index (χ0v) is 26.9. The Labute approximate surface area is 272 Å². The number of pyridine rings is 1. The van der Waals surface area contributed by atoms with Gasteiger partial charge in [-0.3, -0.25) is 24.3 Å². The average molecular weight is 633 g/mol. The minimum Gasteiger partial charge on any atom is -0.443 e. The van der Waals surface area contributed by atoms with E-state index in [0.29, 0.717) is 33.3 Å². The molecule has 11 nitrogen and oxygen atoms in total. The second-order valence-corrected chi connectivity index (χ2v) is 12.4. The van der Waals surface area contributed by atoms with Gasteiger partial charge in [-0.15, -0.1) is 0 Å². The third-order valence-electron chi connectivity index (χ3n) is 7.47. The Balaban J connectivity index is 1.50. The highest BCUT2D eigenvalue weighted by molar-refractivity contribution is 6.16. The van der Waals surface area contributed by atoms with Crippen molar-refractivity contribution in [3.63, 3.8) is 0 Å². The molecule has 0 spiro atoms. The summed E-state index contributed by atoms with van der Waals surface area (Å²) < 4.78 is 7.58. The molecule has 0 saturated heterocycles. The van der Waals surface area contributed by atoms with Gasteiger partial charge >= 0.3 is 6.09 Å². The molecule has 3 heterocycles. The Morgan fingerprint density at radius 3 is 2.19 bits per heavy atom. The molecule has 0 aliphatic carbocycles. The number of hydrogen-bond acceptors (Lipinski definition) is 8. The Hall–Kier alpha value is -5.71. The molecule has 2 amide bonds. The van der Waals surface area contributed by atoms with E-state index in [1.165, 1.54) is 24.8 Å². The molecule has 0 fully saturated rings. The van der Waals surface area contributed by atoms with Gasteiger partial charge in [0.25, 0.3) is 0 Å². The number of rotatable bonds is 10. The van der Waals surface area contributed by atoms with Crippen LogP contribution in [0.25, 0.3) is 11.0 Å². The maximum Gasteiger partial charge on any atom is 0.415 e. The Morgan fingerprint density at radius 1 is 0.872 bits per heavy atom. The maximum absolute atomic E-state index is 13.9. The summed E-state index contributed by atoms with van der Waals surface area (Å²) in [5.41, 5.74) is 7.98. The zero-order chi connectivity index (χ0) is 33.9. The number of ether oxygens (including phenoxy) is 1. The van der Waals surface area contributed by atoms with Gasteiger partial charge in [-0.1, -0.05) is 54.6 Å². The normalized spacial score (nSPS) is 12.1. The van der Waals surface area contributed by atoms with E-state index in [2.05, 4.69) is 15.0 Å². The van der Waals surface area contributed by atoms with Gasteiger partial charge < -0.3 is 15.0 Å². The van der Waals surface area contributed by atoms with Crippen LogP contribution in [0.2, 0.25) is 0 Å². The first-order valence-corrected chi connectivity index (χ1v) is 15.1. The lowest BCUT2D eigenvalue weighted by Gasteiger charge is -2.32. The van der Waals surface area contributed by atoms with Crippen molar-refractivity contribution >= 4 is 40.3 Å². The molecule has 0 aliphatic rings. The van der Waals surface area contributed by atoms with E-state index in [-0.39, 0.29) is 35.3 Å². The minimum absolute atomic E-state index is 0.00573. The largest absolute Gasteiger partial charge is 0.443 e. The number of nitrogens with zero attached hydrogens (tertiary/aromatic N) is 5. The predicted octanol–water partition coefficient (Wildman–Crippen LogP) is 5.71. The van der Waals surface area contributed by atoms with Crippen LogP contribution in [0.4, 0.5) is 10.5 Å². The van der Waals surface area contributed by atoms with E-state index >= 15 is 0 Å². The molecule has 3 aromatic heterocycles. The van der Waals surface area contributed by atoms with Crippen LogP contribution in [0.5, 0.6) is 0 Å². The van der Waals surface area contributed by atoms with Gasteiger partial charge in [0, 0.05) is 53.1 Å². The number of carbonyl (C=O) groups excluding carboxylic acids is 4. The third-order valence-corrected chi connectivity index (χ3v) is 7.47. The summed E-state index contributed by atoms with van der Waals surface area (Å²) in [6, 6.07) is 15.9. The fourth-order valence-electron chi connectivity index (χ4n) is 5.22. The van der Waals surface area contributed by atoms with Crippen molar-refractivity contribution in [2.75, 3.05) is 4.90 Å². The molecule has 47 heavy (non-hydrogen) atoms. The lowest BCUT2D eigenvalue weighted by Crippen LogP contribution is -2.51. The number of aromatic nitrogens is 4. The lowest BCUT2D eigenvalue weighted by atomic mass is 9.98. The number of anilines is 1. The fraction of sp³-hybridized carbons (Fsp3) is 0.250. The van der Waals surface area contributed by atoms with E-state index in [1.807, 2.05) is 24.5 Å². The SMILES string of the molecule is CC(C)n1cc(C(=O)c2cncc(N(C(=O)OC(C)(C)C)[C@H](Cc3ccc(C(=O)c4ccccc4)cc3)C(N)=O)c2)c2cncnc21. The summed E-state index contributed by atoms with van der Waals surface area (Å²) in [6.07, 6.45) is 6.67. The number of primary amides is 1. The molecule has 2 aromatic carbocycles. The molecule has 5 rings (SSSR count). The van der Waals surface area contributed by atoms with Crippen molar-refractivity contribution in [2.45, 2.75) is 58.7 Å². The van der Waals surface area contributed by atoms with Crippen LogP contribution in [-0.2, 0) is 16.0 Å². The van der Waals surface area contributed by atoms with E-state index < -0.39 is 23.6 Å². The quantitative estimate of drug-likeness (QED) is 0.192. The van der Waals surface area contributed by atoms with Gasteiger partial charge in [-0.2, -0.15) is 0 Å². The second-order valence-electron chi connectivity index (χ2n) is 12.4. The molecule has 0 aliphatic heterocycles. The van der Waals surface area contributed by atoms with Crippen LogP contribution in [-0.4, -0.2) is 54.7 Å². The maximum atomic E-state index is 13.9. The summed E-state index contributed by atoms with van der Waals surface area (Å²) in [4.78, 5) is 67.4. The molecule has 2 N–H and O–H groups in total. The second kappa shape index (κ2) is 13.3. The van der Waals surface area contributed by atoms with Crippen molar-refractivity contribution in [3.8, 4) is 0 Å². The van der Waals surface area contributed by atoms with Crippen LogP contribution in [0, 0.1) is 0 Å². The van der Waals surface area contributed by atoms with E-state index in [4.69, 9.17) is 10.5 Å². The van der Waals surface area contributed by atoms with Gasteiger partial charge in [-0.05, 0) is 46.2 Å². The topological polar surface area (TPSA) is 150 Å². The van der Waals surface area contributed by atoms with Crippen molar-refractivity contribution in [1.29, 1.82) is 0 Å². The molecule has 11 heteroatoms. The Bertz CT molecular complexity index is 1940. The summed E-state index contributed by atoms with van der Waals surface area (Å²) in [5, 5.41) is 0.574. The Kier molecular flexibility index (Phi) is 9.27. The van der Waals surface area contributed by atoms with Gasteiger partial charge in [0.1, 0.15) is 23.6 Å². The first kappa shape index (κ1) is 32.7. The molecule has 0 saturated carbocycles. The first-order chi connectivity index (χ1) is 22.3. The van der Waals surface area contributed by atoms with Crippen LogP contribution in [0.3, 0.4) is 0 Å². The average Bonchev–Trinajstić information content (AvgIpc) is 3.44. The summed E-state index contributed by atoms with van der Waals surface area (Å²) in [7, 11) is 0. The minimum atomic E-state index is -1.22. The summed E-state index contributed by atoms with van der Waals surface area (Å²) >= 11 is 0. The van der Waals surface area contributed by atoms with Crippen LogP contribution < -0.4 is 10.6 Å². The van der Waals surface area contributed by atoms with Gasteiger partial charge in [0.05, 0.1) is 17.4 Å². The number of amides is 2. The number of benzene rings is 2. The number of ketones is 2.